The molecule has 0 saturated carbocycles. The molecule has 10 heteroatoms. The zero-order valence-corrected chi connectivity index (χ0v) is 15.7. The van der Waals surface area contributed by atoms with E-state index in [0.717, 1.165) is 12.3 Å². The fourth-order valence-electron chi connectivity index (χ4n) is 3.78. The van der Waals surface area contributed by atoms with Crippen LogP contribution in [-0.2, 0) is 11.0 Å². The lowest BCUT2D eigenvalue weighted by Crippen LogP contribution is -2.49. The fraction of sp³-hybridized carbons (Fsp3) is 0.300. The first-order valence-electron chi connectivity index (χ1n) is 9.25. The van der Waals surface area contributed by atoms with Crippen molar-refractivity contribution in [3.63, 3.8) is 0 Å². The SMILES string of the molecule is O=C(O)[C@H](c1c[nH]c2cc(F)ccc12)N1CCN(c2ccc(C(F)(F)F)cn2)CC1. The molecule has 0 radical (unpaired) electrons. The van der Waals surface area contributed by atoms with Crippen molar-refractivity contribution in [3.05, 3.63) is 59.7 Å². The second kappa shape index (κ2) is 7.60. The summed E-state index contributed by atoms with van der Waals surface area (Å²) >= 11 is 0. The number of fused-ring (bicyclic) bond motifs is 1. The molecule has 158 valence electrons. The topological polar surface area (TPSA) is 72.5 Å². The minimum absolute atomic E-state index is 0.382. The van der Waals surface area contributed by atoms with Gasteiger partial charge in [-0.15, -0.1) is 0 Å². The number of carboxylic acid groups (broad SMARTS) is 1. The van der Waals surface area contributed by atoms with Crippen LogP contribution < -0.4 is 4.90 Å². The smallest absolute Gasteiger partial charge is 0.417 e. The third-order valence-corrected chi connectivity index (χ3v) is 5.28. The van der Waals surface area contributed by atoms with E-state index in [-0.39, 0.29) is 0 Å². The number of anilines is 1. The Morgan fingerprint density at radius 2 is 1.87 bits per heavy atom. The summed E-state index contributed by atoms with van der Waals surface area (Å²) in [5, 5.41) is 10.5. The van der Waals surface area contributed by atoms with Crippen LogP contribution in [0.1, 0.15) is 17.2 Å². The van der Waals surface area contributed by atoms with Crippen molar-refractivity contribution >= 4 is 22.7 Å². The van der Waals surface area contributed by atoms with Crippen LogP contribution in [0, 0.1) is 5.82 Å². The van der Waals surface area contributed by atoms with E-state index in [1.807, 2.05) is 4.90 Å². The zero-order valence-electron chi connectivity index (χ0n) is 15.7. The Morgan fingerprint density at radius 3 is 2.47 bits per heavy atom. The van der Waals surface area contributed by atoms with E-state index in [1.165, 1.54) is 18.2 Å². The van der Waals surface area contributed by atoms with E-state index in [9.17, 15) is 27.5 Å². The molecule has 0 bridgehead atoms. The number of piperazine rings is 1. The van der Waals surface area contributed by atoms with Gasteiger partial charge < -0.3 is 15.0 Å². The Labute approximate surface area is 168 Å². The summed E-state index contributed by atoms with van der Waals surface area (Å²) in [6.07, 6.45) is -2.07. The molecule has 0 spiro atoms. The number of nitrogens with zero attached hydrogens (tertiary/aromatic N) is 3. The maximum absolute atomic E-state index is 13.4. The number of alkyl halides is 3. The molecular weight excluding hydrogens is 404 g/mol. The van der Waals surface area contributed by atoms with Crippen LogP contribution in [0.15, 0.2) is 42.7 Å². The molecule has 1 saturated heterocycles. The Balaban J connectivity index is 1.50. The highest BCUT2D eigenvalue weighted by atomic mass is 19.4. The molecule has 1 aromatic carbocycles. The molecule has 4 rings (SSSR count). The molecule has 2 N–H and O–H groups in total. The van der Waals surface area contributed by atoms with Crippen LogP contribution in [0.3, 0.4) is 0 Å². The van der Waals surface area contributed by atoms with Gasteiger partial charge in [-0.1, -0.05) is 0 Å². The van der Waals surface area contributed by atoms with Gasteiger partial charge in [0.1, 0.15) is 17.7 Å². The number of H-pyrrole nitrogens is 1. The average molecular weight is 422 g/mol. The van der Waals surface area contributed by atoms with Crippen LogP contribution in [-0.4, -0.2) is 52.1 Å². The number of hydrogen-bond acceptors (Lipinski definition) is 4. The van der Waals surface area contributed by atoms with Gasteiger partial charge in [0.05, 0.1) is 5.56 Å². The Bertz CT molecular complexity index is 1060. The summed E-state index contributed by atoms with van der Waals surface area (Å²) in [7, 11) is 0. The monoisotopic (exact) mass is 422 g/mol. The average Bonchev–Trinajstić information content (AvgIpc) is 3.10. The summed E-state index contributed by atoms with van der Waals surface area (Å²) in [5.74, 6) is -1.03. The van der Waals surface area contributed by atoms with E-state index >= 15 is 0 Å². The molecule has 0 unspecified atom stereocenters. The van der Waals surface area contributed by atoms with Crippen molar-refractivity contribution in [2.45, 2.75) is 12.2 Å². The molecule has 0 amide bonds. The highest BCUT2D eigenvalue weighted by Crippen LogP contribution is 2.32. The molecule has 2 aromatic heterocycles. The van der Waals surface area contributed by atoms with Crippen LogP contribution in [0.5, 0.6) is 0 Å². The lowest BCUT2D eigenvalue weighted by molar-refractivity contribution is -0.143. The second-order valence-electron chi connectivity index (χ2n) is 7.10. The van der Waals surface area contributed by atoms with Crippen LogP contribution in [0.25, 0.3) is 10.9 Å². The molecule has 1 aliphatic rings. The van der Waals surface area contributed by atoms with Crippen molar-refractivity contribution in [3.8, 4) is 0 Å². The maximum Gasteiger partial charge on any atom is 0.417 e. The van der Waals surface area contributed by atoms with Crippen LogP contribution in [0.4, 0.5) is 23.4 Å². The molecule has 30 heavy (non-hydrogen) atoms. The van der Waals surface area contributed by atoms with Gasteiger partial charge in [-0.05, 0) is 30.3 Å². The van der Waals surface area contributed by atoms with Gasteiger partial charge in [0, 0.05) is 55.0 Å². The molecule has 1 atom stereocenters. The van der Waals surface area contributed by atoms with Gasteiger partial charge >= 0.3 is 12.1 Å². The molecule has 6 nitrogen and oxygen atoms in total. The molecule has 1 aliphatic heterocycles. The largest absolute Gasteiger partial charge is 0.480 e. The first kappa shape index (κ1) is 20.1. The van der Waals surface area contributed by atoms with Gasteiger partial charge in [0.2, 0.25) is 0 Å². The number of aromatic nitrogens is 2. The highest BCUT2D eigenvalue weighted by Gasteiger charge is 2.33. The van der Waals surface area contributed by atoms with Gasteiger partial charge in [-0.3, -0.25) is 9.69 Å². The standard InChI is InChI=1S/C20H18F4N4O2/c21-13-2-3-14-15(11-25-16(14)9-13)18(19(29)30)28-7-5-27(6-8-28)17-4-1-12(10-26-17)20(22,23)24/h1-4,9-11,18,25H,5-8H2,(H,29,30)/t18-/m0/s1. The van der Waals surface area contributed by atoms with E-state index < -0.39 is 29.6 Å². The summed E-state index contributed by atoms with van der Waals surface area (Å²) < 4.78 is 51.6. The summed E-state index contributed by atoms with van der Waals surface area (Å²) in [6, 6.07) is 5.53. The normalized spacial score (nSPS) is 16.7. The Morgan fingerprint density at radius 1 is 1.13 bits per heavy atom. The Kier molecular flexibility index (Phi) is 5.10. The first-order chi connectivity index (χ1) is 14.2. The third kappa shape index (κ3) is 3.82. The molecule has 3 aromatic rings. The number of halogens is 4. The Hall–Kier alpha value is -3.14. The number of carboxylic acids is 1. The second-order valence-corrected chi connectivity index (χ2v) is 7.10. The number of nitrogens with one attached hydrogen (secondary N) is 1. The van der Waals surface area contributed by atoms with Crippen LogP contribution in [0.2, 0.25) is 0 Å². The maximum atomic E-state index is 13.4. The van der Waals surface area contributed by atoms with E-state index in [4.69, 9.17) is 0 Å². The van der Waals surface area contributed by atoms with Crippen molar-refractivity contribution in [2.24, 2.45) is 0 Å². The summed E-state index contributed by atoms with van der Waals surface area (Å²) in [4.78, 5) is 22.5. The summed E-state index contributed by atoms with van der Waals surface area (Å²) in [5.41, 5.74) is 0.244. The van der Waals surface area contributed by atoms with Gasteiger partial charge in [0.15, 0.2) is 0 Å². The number of aliphatic carboxylic acids is 1. The first-order valence-corrected chi connectivity index (χ1v) is 9.25. The van der Waals surface area contributed by atoms with Gasteiger partial charge in [-0.25, -0.2) is 9.37 Å². The number of benzene rings is 1. The summed E-state index contributed by atoms with van der Waals surface area (Å²) in [6.45, 7) is 1.60. The van der Waals surface area contributed by atoms with Gasteiger partial charge in [-0.2, -0.15) is 13.2 Å². The minimum Gasteiger partial charge on any atom is -0.480 e. The minimum atomic E-state index is -4.44. The van der Waals surface area contributed by atoms with Crippen molar-refractivity contribution < 1.29 is 27.5 Å². The number of hydrogen-bond donors (Lipinski definition) is 2. The molecule has 0 aliphatic carbocycles. The predicted molar refractivity (Wildman–Crippen MR) is 102 cm³/mol. The molecule has 1 fully saturated rings. The zero-order chi connectivity index (χ0) is 21.5. The number of rotatable bonds is 4. The van der Waals surface area contributed by atoms with Crippen molar-refractivity contribution in [1.29, 1.82) is 0 Å². The number of carbonyl (C=O) groups is 1. The predicted octanol–water partition coefficient (Wildman–Crippen LogP) is 3.67. The lowest BCUT2D eigenvalue weighted by Gasteiger charge is -2.38. The quantitative estimate of drug-likeness (QED) is 0.628. The van der Waals surface area contributed by atoms with Crippen LogP contribution >= 0.6 is 0 Å². The fourth-order valence-corrected chi connectivity index (χ4v) is 3.78. The van der Waals surface area contributed by atoms with Gasteiger partial charge in [0.25, 0.3) is 0 Å². The third-order valence-electron chi connectivity index (χ3n) is 5.28. The van der Waals surface area contributed by atoms with E-state index in [2.05, 4.69) is 9.97 Å². The number of aromatic amines is 1. The van der Waals surface area contributed by atoms with Crippen molar-refractivity contribution in [2.75, 3.05) is 31.1 Å². The van der Waals surface area contributed by atoms with E-state index in [1.54, 1.807) is 17.2 Å². The van der Waals surface area contributed by atoms with Crippen molar-refractivity contribution in [1.82, 2.24) is 14.9 Å². The highest BCUT2D eigenvalue weighted by molar-refractivity contribution is 5.89. The lowest BCUT2D eigenvalue weighted by atomic mass is 10.0. The van der Waals surface area contributed by atoms with E-state index in [0.29, 0.717) is 48.5 Å². The molecular formula is C20H18F4N4O2. The number of pyridine rings is 1. The molecule has 3 heterocycles.